The Labute approximate surface area is 123 Å². The normalized spacial score (nSPS) is 17.6. The van der Waals surface area contributed by atoms with E-state index in [0.717, 1.165) is 0 Å². The van der Waals surface area contributed by atoms with Crippen molar-refractivity contribution in [3.8, 4) is 0 Å². The van der Waals surface area contributed by atoms with Gasteiger partial charge in [-0.25, -0.2) is 8.42 Å². The van der Waals surface area contributed by atoms with Crippen LogP contribution in [0.2, 0.25) is 0 Å². The minimum atomic E-state index is -3.75. The summed E-state index contributed by atoms with van der Waals surface area (Å²) in [6.45, 7) is 2.75. The Hall–Kier alpha value is -1.67. The summed E-state index contributed by atoms with van der Waals surface area (Å²) >= 11 is 0. The number of nitrogens with zero attached hydrogens (tertiary/aromatic N) is 1. The standard InChI is InChI=1S/C13H19N3O4S/c1-10(17)15-8-11-3-6-16(7-4-11)21(19,20)13-9-14-5-2-12(13)18/h2,5,9,11H,3-4,6-8H2,1H3,(H,14,18)(H,15,17). The number of carbonyl (C=O) groups is 1. The fourth-order valence-corrected chi connectivity index (χ4v) is 3.89. The second kappa shape index (κ2) is 6.40. The molecule has 0 aromatic carbocycles. The maximum absolute atomic E-state index is 12.4. The highest BCUT2D eigenvalue weighted by molar-refractivity contribution is 7.89. The van der Waals surface area contributed by atoms with Gasteiger partial charge < -0.3 is 10.3 Å². The number of piperidine rings is 1. The Morgan fingerprint density at radius 1 is 1.43 bits per heavy atom. The largest absolute Gasteiger partial charge is 0.366 e. The van der Waals surface area contributed by atoms with Gasteiger partial charge in [-0.3, -0.25) is 9.59 Å². The fraction of sp³-hybridized carbons (Fsp3) is 0.538. The van der Waals surface area contributed by atoms with E-state index in [1.54, 1.807) is 0 Å². The molecule has 1 aliphatic heterocycles. The first kappa shape index (κ1) is 15.7. The molecule has 8 heteroatoms. The third-order valence-corrected chi connectivity index (χ3v) is 5.54. The number of hydrogen-bond donors (Lipinski definition) is 2. The molecule has 1 fully saturated rings. The zero-order valence-corrected chi connectivity index (χ0v) is 12.6. The van der Waals surface area contributed by atoms with Crippen LogP contribution in [0.15, 0.2) is 28.2 Å². The number of aromatic nitrogens is 1. The Kier molecular flexibility index (Phi) is 4.79. The van der Waals surface area contributed by atoms with Gasteiger partial charge in [0.2, 0.25) is 21.4 Å². The molecular weight excluding hydrogens is 294 g/mol. The van der Waals surface area contributed by atoms with Crippen LogP contribution in [0.25, 0.3) is 0 Å². The fourth-order valence-electron chi connectivity index (χ4n) is 2.38. The monoisotopic (exact) mass is 313 g/mol. The molecule has 0 spiro atoms. The summed E-state index contributed by atoms with van der Waals surface area (Å²) in [5, 5.41) is 2.75. The third kappa shape index (κ3) is 3.70. The molecule has 0 saturated carbocycles. The molecular formula is C13H19N3O4S. The first-order chi connectivity index (χ1) is 9.91. The molecule has 0 unspecified atom stereocenters. The summed E-state index contributed by atoms with van der Waals surface area (Å²) in [5.41, 5.74) is -0.505. The molecule has 1 amide bonds. The molecule has 2 heterocycles. The number of pyridine rings is 1. The lowest BCUT2D eigenvalue weighted by Crippen LogP contribution is -2.42. The van der Waals surface area contributed by atoms with Crippen molar-refractivity contribution in [2.24, 2.45) is 5.92 Å². The lowest BCUT2D eigenvalue weighted by molar-refractivity contribution is -0.119. The summed E-state index contributed by atoms with van der Waals surface area (Å²) in [7, 11) is -3.75. The second-order valence-electron chi connectivity index (χ2n) is 5.16. The summed E-state index contributed by atoms with van der Waals surface area (Å²) in [5.74, 6) is 0.190. The smallest absolute Gasteiger partial charge is 0.248 e. The number of hydrogen-bond acceptors (Lipinski definition) is 4. The lowest BCUT2D eigenvalue weighted by atomic mass is 9.98. The van der Waals surface area contributed by atoms with Crippen molar-refractivity contribution < 1.29 is 13.2 Å². The summed E-state index contributed by atoms with van der Waals surface area (Å²) < 4.78 is 26.2. The molecule has 116 valence electrons. The number of rotatable bonds is 4. The van der Waals surface area contributed by atoms with Gasteiger partial charge in [0.25, 0.3) is 0 Å². The van der Waals surface area contributed by atoms with Gasteiger partial charge in [0, 0.05) is 45.0 Å². The van der Waals surface area contributed by atoms with E-state index in [-0.39, 0.29) is 16.7 Å². The number of carbonyl (C=O) groups excluding carboxylic acids is 1. The molecule has 0 aliphatic carbocycles. The van der Waals surface area contributed by atoms with Crippen LogP contribution >= 0.6 is 0 Å². The quantitative estimate of drug-likeness (QED) is 0.811. The van der Waals surface area contributed by atoms with Gasteiger partial charge in [0.1, 0.15) is 4.90 Å². The van der Waals surface area contributed by atoms with Gasteiger partial charge >= 0.3 is 0 Å². The van der Waals surface area contributed by atoms with E-state index < -0.39 is 15.5 Å². The molecule has 1 aliphatic rings. The first-order valence-electron chi connectivity index (χ1n) is 6.83. The van der Waals surface area contributed by atoms with Crippen molar-refractivity contribution in [1.29, 1.82) is 0 Å². The summed E-state index contributed by atoms with van der Waals surface area (Å²) in [6, 6.07) is 1.20. The van der Waals surface area contributed by atoms with Gasteiger partial charge in [-0.15, -0.1) is 0 Å². The minimum Gasteiger partial charge on any atom is -0.366 e. The molecule has 2 N–H and O–H groups in total. The number of aromatic amines is 1. The number of H-pyrrole nitrogens is 1. The number of amides is 1. The predicted octanol–water partition coefficient (Wildman–Crippen LogP) is -0.0883. The topological polar surface area (TPSA) is 99.3 Å². The van der Waals surface area contributed by atoms with Gasteiger partial charge in [0.15, 0.2) is 0 Å². The van der Waals surface area contributed by atoms with E-state index in [1.165, 1.54) is 29.7 Å². The van der Waals surface area contributed by atoms with Crippen LogP contribution in [0.3, 0.4) is 0 Å². The maximum Gasteiger partial charge on any atom is 0.248 e. The zero-order valence-electron chi connectivity index (χ0n) is 11.8. The Morgan fingerprint density at radius 3 is 2.67 bits per heavy atom. The number of sulfonamides is 1. The first-order valence-corrected chi connectivity index (χ1v) is 8.27. The van der Waals surface area contributed by atoms with Crippen molar-refractivity contribution in [3.63, 3.8) is 0 Å². The molecule has 0 radical (unpaired) electrons. The average molecular weight is 313 g/mol. The minimum absolute atomic E-state index is 0.0825. The average Bonchev–Trinajstić information content (AvgIpc) is 2.46. The summed E-state index contributed by atoms with van der Waals surface area (Å²) in [6.07, 6.45) is 3.97. The van der Waals surface area contributed by atoms with Gasteiger partial charge in [-0.05, 0) is 18.8 Å². The van der Waals surface area contributed by atoms with E-state index >= 15 is 0 Å². The summed E-state index contributed by atoms with van der Waals surface area (Å²) in [4.78, 5) is 25.0. The second-order valence-corrected chi connectivity index (χ2v) is 7.06. The Morgan fingerprint density at radius 2 is 2.10 bits per heavy atom. The van der Waals surface area contributed by atoms with Crippen LogP contribution in [-0.2, 0) is 14.8 Å². The molecule has 1 saturated heterocycles. The van der Waals surface area contributed by atoms with Gasteiger partial charge in [-0.2, -0.15) is 4.31 Å². The van der Waals surface area contributed by atoms with E-state index in [9.17, 15) is 18.0 Å². The molecule has 1 aromatic heterocycles. The van der Waals surface area contributed by atoms with Gasteiger partial charge in [-0.1, -0.05) is 0 Å². The molecule has 21 heavy (non-hydrogen) atoms. The molecule has 2 rings (SSSR count). The van der Waals surface area contributed by atoms with E-state index in [2.05, 4.69) is 10.3 Å². The Balaban J connectivity index is 2.03. The van der Waals surface area contributed by atoms with Crippen molar-refractivity contribution in [2.75, 3.05) is 19.6 Å². The predicted molar refractivity (Wildman–Crippen MR) is 77.2 cm³/mol. The Bertz CT molecular complexity index is 660. The lowest BCUT2D eigenvalue weighted by Gasteiger charge is -2.30. The van der Waals surface area contributed by atoms with Crippen LogP contribution < -0.4 is 10.7 Å². The highest BCUT2D eigenvalue weighted by atomic mass is 32.2. The van der Waals surface area contributed by atoms with Crippen molar-refractivity contribution in [3.05, 3.63) is 28.7 Å². The third-order valence-electron chi connectivity index (χ3n) is 3.62. The van der Waals surface area contributed by atoms with Crippen LogP contribution in [-0.4, -0.2) is 43.2 Å². The maximum atomic E-state index is 12.4. The van der Waals surface area contributed by atoms with E-state index in [1.807, 2.05) is 0 Å². The van der Waals surface area contributed by atoms with Crippen molar-refractivity contribution in [1.82, 2.24) is 14.6 Å². The van der Waals surface area contributed by atoms with Crippen LogP contribution in [0.4, 0.5) is 0 Å². The molecule has 1 aromatic rings. The molecule has 7 nitrogen and oxygen atoms in total. The van der Waals surface area contributed by atoms with E-state index in [0.29, 0.717) is 32.5 Å². The SMILES string of the molecule is CC(=O)NCC1CCN(S(=O)(=O)c2c[nH]ccc2=O)CC1. The molecule has 0 bridgehead atoms. The number of nitrogens with one attached hydrogen (secondary N) is 2. The van der Waals surface area contributed by atoms with Crippen LogP contribution in [0.1, 0.15) is 19.8 Å². The van der Waals surface area contributed by atoms with Crippen molar-refractivity contribution >= 4 is 15.9 Å². The highest BCUT2D eigenvalue weighted by Gasteiger charge is 2.30. The van der Waals surface area contributed by atoms with E-state index in [4.69, 9.17) is 0 Å². The van der Waals surface area contributed by atoms with Crippen LogP contribution in [0.5, 0.6) is 0 Å². The highest BCUT2D eigenvalue weighted by Crippen LogP contribution is 2.21. The zero-order chi connectivity index (χ0) is 15.5. The van der Waals surface area contributed by atoms with Gasteiger partial charge in [0.05, 0.1) is 0 Å². The molecule has 0 atom stereocenters. The van der Waals surface area contributed by atoms with Crippen LogP contribution in [0, 0.1) is 5.92 Å². The van der Waals surface area contributed by atoms with Crippen molar-refractivity contribution in [2.45, 2.75) is 24.7 Å².